The summed E-state index contributed by atoms with van der Waals surface area (Å²) in [5.74, 6) is 0. The Hall–Kier alpha value is -7.56. The Balaban J connectivity index is 1.08. The Bertz CT molecular complexity index is 3740. The summed E-state index contributed by atoms with van der Waals surface area (Å²) in [5, 5.41) is 0. The summed E-state index contributed by atoms with van der Waals surface area (Å²) in [7, 11) is 0. The molecule has 4 aliphatic rings. The third-order valence-electron chi connectivity index (χ3n) is 17.0. The molecule has 0 amide bonds. The van der Waals surface area contributed by atoms with Gasteiger partial charge in [0.25, 0.3) is 6.71 Å². The Morgan fingerprint density at radius 3 is 1.58 bits per heavy atom. The average molecular weight is 946 g/mol. The van der Waals surface area contributed by atoms with Gasteiger partial charge in [0.2, 0.25) is 0 Å². The molecule has 358 valence electrons. The number of hydrogen-bond acceptors (Lipinski definition) is 3. The molecule has 3 nitrogen and oxygen atoms in total. The summed E-state index contributed by atoms with van der Waals surface area (Å²) in [5.41, 5.74) is 29.1. The first kappa shape index (κ1) is 45.3. The highest BCUT2D eigenvalue weighted by Crippen LogP contribution is 2.54. The van der Waals surface area contributed by atoms with Gasteiger partial charge >= 0.3 is 0 Å². The molecule has 2 aliphatic heterocycles. The minimum absolute atomic E-state index is 0.0279. The molecule has 0 atom stereocenters. The van der Waals surface area contributed by atoms with Gasteiger partial charge in [0, 0.05) is 62.0 Å². The maximum atomic E-state index is 2.62. The zero-order valence-electron chi connectivity index (χ0n) is 44.3. The zero-order valence-corrected chi connectivity index (χ0v) is 44.3. The summed E-state index contributed by atoms with van der Waals surface area (Å²) in [4.78, 5) is 7.65. The Morgan fingerprint density at radius 2 is 0.904 bits per heavy atom. The SMILES string of the molecule is Cc1cc2c3c(c1)N(c1ccc4c(c1)C(C)(C)c1ccccc1-4)c1cc(N(c4ccccc4)c4ccc(C(C)(C)C)cc4)ccc1B3c1cc(C(C)(C)C)ccc1N2c1ccc2c(c1)-c1ccccc1C2(C)C. The van der Waals surface area contributed by atoms with Crippen LogP contribution in [0.1, 0.15) is 108 Å². The van der Waals surface area contributed by atoms with E-state index in [-0.39, 0.29) is 28.4 Å². The highest BCUT2D eigenvalue weighted by Gasteiger charge is 2.46. The Morgan fingerprint density at radius 1 is 0.384 bits per heavy atom. The quantitative estimate of drug-likeness (QED) is 0.159. The van der Waals surface area contributed by atoms with Gasteiger partial charge in [-0.1, -0.05) is 178 Å². The maximum Gasteiger partial charge on any atom is 0.252 e. The van der Waals surface area contributed by atoms with Gasteiger partial charge in [0.15, 0.2) is 0 Å². The fourth-order valence-corrected chi connectivity index (χ4v) is 13.1. The van der Waals surface area contributed by atoms with Gasteiger partial charge < -0.3 is 14.7 Å². The lowest BCUT2D eigenvalue weighted by Crippen LogP contribution is -2.61. The molecule has 9 aromatic rings. The van der Waals surface area contributed by atoms with Gasteiger partial charge in [-0.2, -0.15) is 0 Å². The molecule has 4 heteroatoms. The van der Waals surface area contributed by atoms with Crippen LogP contribution in [0.25, 0.3) is 22.3 Å². The first-order valence-electron chi connectivity index (χ1n) is 26.4. The highest BCUT2D eigenvalue weighted by atomic mass is 15.2. The molecule has 0 fully saturated rings. The molecular weight excluding hydrogens is 882 g/mol. The number of rotatable bonds is 5. The van der Waals surface area contributed by atoms with Crippen LogP contribution in [0.3, 0.4) is 0 Å². The van der Waals surface area contributed by atoms with E-state index < -0.39 is 0 Å². The lowest BCUT2D eigenvalue weighted by Gasteiger charge is -2.45. The van der Waals surface area contributed by atoms with Crippen LogP contribution in [0, 0.1) is 6.92 Å². The molecule has 0 radical (unpaired) electrons. The summed E-state index contributed by atoms with van der Waals surface area (Å²) in [6, 6.07) is 72.3. The van der Waals surface area contributed by atoms with Crippen LogP contribution in [0.2, 0.25) is 0 Å². The average Bonchev–Trinajstić information content (AvgIpc) is 3.75. The molecule has 2 aliphatic carbocycles. The normalized spacial score (nSPS) is 15.2. The Kier molecular flexibility index (Phi) is 9.76. The molecule has 0 unspecified atom stereocenters. The predicted molar refractivity (Wildman–Crippen MR) is 312 cm³/mol. The molecule has 73 heavy (non-hydrogen) atoms. The van der Waals surface area contributed by atoms with E-state index in [1.54, 1.807) is 0 Å². The standard InChI is InChI=1S/C69H64BN3/c1-43-37-63-65-64(38-43)73(49-30-33-53-51-21-15-17-23-55(51)69(10,11)58(53)41-49)62-42-50(71(46-19-13-12-14-20-46)47-28-25-44(26-29-47)66(2,3)4)32-35-59(62)70(65)60-39-45(67(5,6)7)27-36-61(60)72(63)48-31-34-57-54(40-48)52-22-16-18-24-56(52)68(57,8)9/h12-42H,1-11H3. The van der Waals surface area contributed by atoms with Crippen molar-refractivity contribution in [2.75, 3.05) is 14.7 Å². The second kappa shape index (κ2) is 15.7. The van der Waals surface area contributed by atoms with Crippen LogP contribution >= 0.6 is 0 Å². The number of hydrogen-bond donors (Lipinski definition) is 0. The number of nitrogens with zero attached hydrogens (tertiary/aromatic N) is 3. The van der Waals surface area contributed by atoms with Crippen molar-refractivity contribution < 1.29 is 0 Å². The zero-order chi connectivity index (χ0) is 50.5. The fraction of sp³-hybridized carbons (Fsp3) is 0.217. The van der Waals surface area contributed by atoms with Crippen molar-refractivity contribution in [3.05, 3.63) is 227 Å². The van der Waals surface area contributed by atoms with Crippen LogP contribution in [0.4, 0.5) is 51.2 Å². The highest BCUT2D eigenvalue weighted by molar-refractivity contribution is 7.00. The second-order valence-electron chi connectivity index (χ2n) is 24.4. The van der Waals surface area contributed by atoms with E-state index in [1.165, 1.54) is 112 Å². The minimum atomic E-state index is -0.167. The van der Waals surface area contributed by atoms with Gasteiger partial charge in [-0.15, -0.1) is 0 Å². The van der Waals surface area contributed by atoms with Crippen molar-refractivity contribution in [2.24, 2.45) is 0 Å². The largest absolute Gasteiger partial charge is 0.311 e. The molecule has 2 heterocycles. The molecule has 0 bridgehead atoms. The van der Waals surface area contributed by atoms with Gasteiger partial charge in [0.1, 0.15) is 0 Å². The molecule has 0 spiro atoms. The van der Waals surface area contributed by atoms with E-state index in [4.69, 9.17) is 0 Å². The molecular formula is C69H64BN3. The van der Waals surface area contributed by atoms with Crippen LogP contribution in [-0.4, -0.2) is 6.71 Å². The number of benzene rings is 9. The van der Waals surface area contributed by atoms with E-state index in [2.05, 4.69) is 279 Å². The molecule has 13 rings (SSSR count). The van der Waals surface area contributed by atoms with E-state index in [0.29, 0.717) is 0 Å². The molecule has 0 N–H and O–H groups in total. The van der Waals surface area contributed by atoms with Gasteiger partial charge in [-0.05, 0) is 174 Å². The van der Waals surface area contributed by atoms with Crippen molar-refractivity contribution in [3.8, 4) is 22.3 Å². The van der Waals surface area contributed by atoms with Crippen molar-refractivity contribution >= 4 is 74.3 Å². The fourth-order valence-electron chi connectivity index (χ4n) is 13.1. The first-order valence-corrected chi connectivity index (χ1v) is 26.4. The third kappa shape index (κ3) is 6.79. The van der Waals surface area contributed by atoms with Crippen molar-refractivity contribution in [1.29, 1.82) is 0 Å². The first-order chi connectivity index (χ1) is 34.9. The Labute approximate surface area is 433 Å². The smallest absolute Gasteiger partial charge is 0.252 e. The lowest BCUT2D eigenvalue weighted by atomic mass is 9.33. The summed E-state index contributed by atoms with van der Waals surface area (Å²) >= 11 is 0. The number of para-hydroxylation sites is 1. The van der Waals surface area contributed by atoms with Crippen molar-refractivity contribution in [2.45, 2.75) is 97.8 Å². The number of aryl methyl sites for hydroxylation is 1. The second-order valence-corrected chi connectivity index (χ2v) is 24.4. The molecule has 9 aromatic carbocycles. The number of anilines is 9. The van der Waals surface area contributed by atoms with Crippen molar-refractivity contribution in [3.63, 3.8) is 0 Å². The van der Waals surface area contributed by atoms with E-state index in [0.717, 1.165) is 17.1 Å². The molecule has 0 saturated carbocycles. The summed E-state index contributed by atoms with van der Waals surface area (Å²) in [6.45, 7) is 25.7. The van der Waals surface area contributed by atoms with E-state index >= 15 is 0 Å². The van der Waals surface area contributed by atoms with Gasteiger partial charge in [-0.25, -0.2) is 0 Å². The minimum Gasteiger partial charge on any atom is -0.311 e. The maximum absolute atomic E-state index is 2.62. The van der Waals surface area contributed by atoms with Crippen LogP contribution in [0.15, 0.2) is 188 Å². The summed E-state index contributed by atoms with van der Waals surface area (Å²) in [6.07, 6.45) is 0. The predicted octanol–water partition coefficient (Wildman–Crippen LogP) is 16.8. The van der Waals surface area contributed by atoms with Crippen molar-refractivity contribution in [1.82, 2.24) is 0 Å². The van der Waals surface area contributed by atoms with E-state index in [1.807, 2.05) is 0 Å². The van der Waals surface area contributed by atoms with Crippen LogP contribution in [0.5, 0.6) is 0 Å². The van der Waals surface area contributed by atoms with E-state index in [9.17, 15) is 0 Å². The number of fused-ring (bicyclic) bond motifs is 10. The molecule has 0 saturated heterocycles. The summed E-state index contributed by atoms with van der Waals surface area (Å²) < 4.78 is 0. The third-order valence-corrected chi connectivity index (χ3v) is 17.0. The van der Waals surface area contributed by atoms with Crippen LogP contribution in [-0.2, 0) is 21.7 Å². The van der Waals surface area contributed by atoms with Gasteiger partial charge in [-0.3, -0.25) is 0 Å². The van der Waals surface area contributed by atoms with Crippen LogP contribution < -0.4 is 31.1 Å². The van der Waals surface area contributed by atoms with Gasteiger partial charge in [0.05, 0.1) is 0 Å². The monoisotopic (exact) mass is 946 g/mol. The molecule has 0 aromatic heterocycles. The lowest BCUT2D eigenvalue weighted by molar-refractivity contribution is 0.590. The topological polar surface area (TPSA) is 9.72 Å².